The van der Waals surface area contributed by atoms with E-state index in [1.165, 1.54) is 34.4 Å². The van der Waals surface area contributed by atoms with Gasteiger partial charge >= 0.3 is 0 Å². The Morgan fingerprint density at radius 1 is 1.15 bits per heavy atom. The van der Waals surface area contributed by atoms with Gasteiger partial charge in [0, 0.05) is 23.1 Å². The van der Waals surface area contributed by atoms with Crippen molar-refractivity contribution in [1.29, 1.82) is 0 Å². The molecule has 2 aliphatic rings. The van der Waals surface area contributed by atoms with E-state index in [0.717, 1.165) is 17.9 Å². The highest BCUT2D eigenvalue weighted by molar-refractivity contribution is 6.31. The van der Waals surface area contributed by atoms with E-state index in [1.807, 2.05) is 12.1 Å². The Balaban J connectivity index is 1.54. The number of rotatable bonds is 2. The molecule has 2 aromatic carbocycles. The fraction of sp³-hybridized carbons (Fsp3) is 0.250. The average Bonchev–Trinajstić information content (AvgIpc) is 2.96. The highest BCUT2D eigenvalue weighted by Crippen LogP contribution is 2.39. The molecule has 1 aliphatic carbocycles. The summed E-state index contributed by atoms with van der Waals surface area (Å²) < 4.78 is 0. The van der Waals surface area contributed by atoms with Gasteiger partial charge < -0.3 is 15.7 Å². The zero-order valence-electron chi connectivity index (χ0n) is 14.0. The standard InChI is InChI=1S/C20H18Cl2N2O2/c21-14-2-1-11-5-13-10-24(4-3-17(13)18(11)9-14)20(26)19(23)12-6-15(22)8-16(25)7-12/h1-2,6-9,19,25H,3-5,10,23H2. The van der Waals surface area contributed by atoms with Crippen LogP contribution in [0, 0.1) is 0 Å². The van der Waals surface area contributed by atoms with Crippen LogP contribution >= 0.6 is 23.2 Å². The van der Waals surface area contributed by atoms with Gasteiger partial charge in [-0.05, 0) is 71.0 Å². The maximum atomic E-state index is 12.9. The molecular formula is C20H18Cl2N2O2. The summed E-state index contributed by atoms with van der Waals surface area (Å²) in [5, 5.41) is 10.8. The molecule has 134 valence electrons. The first-order valence-corrected chi connectivity index (χ1v) is 9.21. The van der Waals surface area contributed by atoms with Crippen molar-refractivity contribution >= 4 is 34.7 Å². The van der Waals surface area contributed by atoms with Crippen LogP contribution in [0.3, 0.4) is 0 Å². The summed E-state index contributed by atoms with van der Waals surface area (Å²) in [5.41, 5.74) is 11.7. The van der Waals surface area contributed by atoms with Crippen LogP contribution in [-0.2, 0) is 11.2 Å². The lowest BCUT2D eigenvalue weighted by Gasteiger charge is -2.31. The lowest BCUT2D eigenvalue weighted by Crippen LogP contribution is -2.42. The summed E-state index contributed by atoms with van der Waals surface area (Å²) in [4.78, 5) is 14.7. The summed E-state index contributed by atoms with van der Waals surface area (Å²) in [5.74, 6) is -0.158. The fourth-order valence-electron chi connectivity index (χ4n) is 3.83. The molecule has 0 fully saturated rings. The van der Waals surface area contributed by atoms with Crippen molar-refractivity contribution in [3.05, 3.63) is 68.7 Å². The molecule has 0 bridgehead atoms. The molecule has 1 amide bonds. The van der Waals surface area contributed by atoms with Gasteiger partial charge in [-0.15, -0.1) is 0 Å². The second-order valence-electron chi connectivity index (χ2n) is 6.79. The van der Waals surface area contributed by atoms with E-state index in [1.54, 1.807) is 11.0 Å². The van der Waals surface area contributed by atoms with Crippen LogP contribution in [0.4, 0.5) is 0 Å². The maximum absolute atomic E-state index is 12.9. The minimum atomic E-state index is -0.847. The molecule has 6 heteroatoms. The Morgan fingerprint density at radius 2 is 1.96 bits per heavy atom. The van der Waals surface area contributed by atoms with Gasteiger partial charge in [-0.1, -0.05) is 29.3 Å². The fourth-order valence-corrected chi connectivity index (χ4v) is 4.24. The second-order valence-corrected chi connectivity index (χ2v) is 7.66. The van der Waals surface area contributed by atoms with Gasteiger partial charge in [-0.2, -0.15) is 0 Å². The number of aromatic hydroxyl groups is 1. The number of carbonyl (C=O) groups is 1. The Kier molecular flexibility index (Phi) is 4.43. The third-order valence-corrected chi connectivity index (χ3v) is 5.54. The quantitative estimate of drug-likeness (QED) is 0.818. The van der Waals surface area contributed by atoms with Crippen molar-refractivity contribution in [2.24, 2.45) is 5.73 Å². The van der Waals surface area contributed by atoms with E-state index in [0.29, 0.717) is 23.7 Å². The maximum Gasteiger partial charge on any atom is 0.244 e. The molecule has 1 heterocycles. The molecule has 0 saturated heterocycles. The Hall–Kier alpha value is -2.01. The molecule has 0 radical (unpaired) electrons. The van der Waals surface area contributed by atoms with Crippen molar-refractivity contribution in [2.45, 2.75) is 18.9 Å². The monoisotopic (exact) mass is 388 g/mol. The molecule has 4 nitrogen and oxygen atoms in total. The number of hydrogen-bond donors (Lipinski definition) is 2. The number of amides is 1. The number of phenolic OH excluding ortho intramolecular Hbond substituents is 1. The molecule has 0 saturated carbocycles. The number of carbonyl (C=O) groups excluding carboxylic acids is 1. The SMILES string of the molecule is NC(C(=O)N1CCC2=C(Cc3ccc(Cl)cc32)C1)c1cc(O)cc(Cl)c1. The molecule has 0 spiro atoms. The zero-order chi connectivity index (χ0) is 18.4. The summed E-state index contributed by atoms with van der Waals surface area (Å²) >= 11 is 12.1. The van der Waals surface area contributed by atoms with Crippen molar-refractivity contribution in [2.75, 3.05) is 13.1 Å². The highest BCUT2D eigenvalue weighted by Gasteiger charge is 2.31. The van der Waals surface area contributed by atoms with Crippen molar-refractivity contribution in [3.63, 3.8) is 0 Å². The van der Waals surface area contributed by atoms with E-state index >= 15 is 0 Å². The molecule has 3 N–H and O–H groups in total. The number of hydrogen-bond acceptors (Lipinski definition) is 3. The van der Waals surface area contributed by atoms with Crippen LogP contribution < -0.4 is 5.73 Å². The van der Waals surface area contributed by atoms with Gasteiger partial charge in [-0.25, -0.2) is 0 Å². The van der Waals surface area contributed by atoms with Crippen molar-refractivity contribution < 1.29 is 9.90 Å². The number of halogens is 2. The number of phenols is 1. The highest BCUT2D eigenvalue weighted by atomic mass is 35.5. The van der Waals surface area contributed by atoms with Crippen LogP contribution in [0.5, 0.6) is 5.75 Å². The van der Waals surface area contributed by atoms with Gasteiger partial charge in [-0.3, -0.25) is 4.79 Å². The summed E-state index contributed by atoms with van der Waals surface area (Å²) in [7, 11) is 0. The number of nitrogens with zero attached hydrogens (tertiary/aromatic N) is 1. The second kappa shape index (κ2) is 6.62. The average molecular weight is 389 g/mol. The van der Waals surface area contributed by atoms with Crippen molar-refractivity contribution in [1.82, 2.24) is 4.90 Å². The first-order valence-electron chi connectivity index (χ1n) is 8.46. The summed E-state index contributed by atoms with van der Waals surface area (Å²) in [6.45, 7) is 1.19. The smallest absolute Gasteiger partial charge is 0.244 e. The zero-order valence-corrected chi connectivity index (χ0v) is 15.5. The van der Waals surface area contributed by atoms with E-state index < -0.39 is 6.04 Å². The van der Waals surface area contributed by atoms with Gasteiger partial charge in [0.25, 0.3) is 0 Å². The molecular weight excluding hydrogens is 371 g/mol. The van der Waals surface area contributed by atoms with E-state index in [4.69, 9.17) is 28.9 Å². The third-order valence-electron chi connectivity index (χ3n) is 5.08. The van der Waals surface area contributed by atoms with Gasteiger partial charge in [0.2, 0.25) is 5.91 Å². The predicted octanol–water partition coefficient (Wildman–Crippen LogP) is 3.94. The molecule has 1 aliphatic heterocycles. The molecule has 26 heavy (non-hydrogen) atoms. The number of nitrogens with two attached hydrogens (primary N) is 1. The Morgan fingerprint density at radius 3 is 2.73 bits per heavy atom. The minimum Gasteiger partial charge on any atom is -0.508 e. The topological polar surface area (TPSA) is 66.6 Å². The van der Waals surface area contributed by atoms with E-state index in [9.17, 15) is 9.90 Å². The van der Waals surface area contributed by atoms with E-state index in [-0.39, 0.29) is 11.7 Å². The van der Waals surface area contributed by atoms with Crippen molar-refractivity contribution in [3.8, 4) is 5.75 Å². The number of fused-ring (bicyclic) bond motifs is 2. The molecule has 1 atom stereocenters. The van der Waals surface area contributed by atoms with Crippen LogP contribution in [0.15, 0.2) is 42.0 Å². The lowest BCUT2D eigenvalue weighted by molar-refractivity contribution is -0.132. The normalized spacial score (nSPS) is 17.1. The summed E-state index contributed by atoms with van der Waals surface area (Å²) in [6, 6.07) is 9.65. The van der Waals surface area contributed by atoms with Gasteiger partial charge in [0.05, 0.1) is 0 Å². The first kappa shape index (κ1) is 17.4. The molecule has 1 unspecified atom stereocenters. The van der Waals surface area contributed by atoms with Crippen LogP contribution in [0.2, 0.25) is 10.0 Å². The predicted molar refractivity (Wildman–Crippen MR) is 103 cm³/mol. The Labute approximate surface area is 161 Å². The van der Waals surface area contributed by atoms with Crippen LogP contribution in [0.25, 0.3) is 5.57 Å². The van der Waals surface area contributed by atoms with E-state index in [2.05, 4.69) is 6.07 Å². The molecule has 0 aromatic heterocycles. The Bertz CT molecular complexity index is 919. The van der Waals surface area contributed by atoms with Gasteiger partial charge in [0.15, 0.2) is 0 Å². The third kappa shape index (κ3) is 3.09. The minimum absolute atomic E-state index is 0.00232. The summed E-state index contributed by atoms with van der Waals surface area (Å²) in [6.07, 6.45) is 1.64. The first-order chi connectivity index (χ1) is 12.4. The molecule has 4 rings (SSSR count). The van der Waals surface area contributed by atoms with Crippen LogP contribution in [-0.4, -0.2) is 29.0 Å². The largest absolute Gasteiger partial charge is 0.508 e. The number of benzene rings is 2. The molecule has 2 aromatic rings. The van der Waals surface area contributed by atoms with Crippen LogP contribution in [0.1, 0.15) is 29.2 Å². The lowest BCUT2D eigenvalue weighted by atomic mass is 9.98. The van der Waals surface area contributed by atoms with Gasteiger partial charge in [0.1, 0.15) is 11.8 Å².